The fourth-order valence-electron chi connectivity index (χ4n) is 3.01. The Balaban J connectivity index is -0.0000000868. The van der Waals surface area contributed by atoms with E-state index in [1.165, 1.54) is 64.2 Å². The van der Waals surface area contributed by atoms with Crippen LogP contribution in [0.1, 0.15) is 161 Å². The molecule has 1 aliphatic rings. The molecular weight excluding hydrogens is 336 g/mol. The average molecular weight is 403 g/mol. The Morgan fingerprint density at radius 3 is 1.36 bits per heavy atom. The first kappa shape index (κ1) is 38.6. The molecule has 1 saturated carbocycles. The number of rotatable bonds is 5. The quantitative estimate of drug-likeness (QED) is 0.428. The lowest BCUT2D eigenvalue weighted by Crippen LogP contribution is -2.18. The molecule has 0 spiro atoms. The molecule has 0 radical (unpaired) electrons. The molecule has 28 heavy (non-hydrogen) atoms. The van der Waals surface area contributed by atoms with Crippen LogP contribution in [0.5, 0.6) is 0 Å². The van der Waals surface area contributed by atoms with Crippen molar-refractivity contribution in [3.05, 3.63) is 0 Å². The van der Waals surface area contributed by atoms with E-state index in [-0.39, 0.29) is 0 Å². The van der Waals surface area contributed by atoms with E-state index in [2.05, 4.69) is 69.2 Å². The van der Waals surface area contributed by atoms with Gasteiger partial charge in [0.1, 0.15) is 0 Å². The highest BCUT2D eigenvalue weighted by atomic mass is 14.3. The van der Waals surface area contributed by atoms with Gasteiger partial charge in [0.15, 0.2) is 0 Å². The van der Waals surface area contributed by atoms with E-state index in [4.69, 9.17) is 0 Å². The van der Waals surface area contributed by atoms with Crippen molar-refractivity contribution in [3.63, 3.8) is 0 Å². The Labute approximate surface area is 185 Å². The maximum absolute atomic E-state index is 2.39. The second kappa shape index (κ2) is 37.7. The van der Waals surface area contributed by atoms with Crippen molar-refractivity contribution < 1.29 is 0 Å². The van der Waals surface area contributed by atoms with Gasteiger partial charge >= 0.3 is 0 Å². The number of unbranched alkanes of at least 4 members (excludes halogenated alkanes) is 1. The molecule has 0 nitrogen and oxygen atoms in total. The van der Waals surface area contributed by atoms with Gasteiger partial charge in [-0.15, -0.1) is 0 Å². The van der Waals surface area contributed by atoms with Gasteiger partial charge in [0, 0.05) is 0 Å². The third-order valence-electron chi connectivity index (χ3n) is 4.69. The molecule has 0 bridgehead atoms. The first-order valence-electron chi connectivity index (χ1n) is 13.3. The Kier molecular flexibility index (Phi) is 52.0. The monoisotopic (exact) mass is 403 g/mol. The molecule has 0 aromatic heterocycles. The molecule has 0 heteroatoms. The molecule has 1 rings (SSSR count). The van der Waals surface area contributed by atoms with Crippen LogP contribution in [0, 0.1) is 23.7 Å². The van der Waals surface area contributed by atoms with Crippen molar-refractivity contribution in [2.45, 2.75) is 161 Å². The molecule has 0 aromatic rings. The van der Waals surface area contributed by atoms with Gasteiger partial charge in [-0.1, -0.05) is 155 Å². The average Bonchev–Trinajstić information content (AvgIpc) is 2.68. The highest BCUT2D eigenvalue weighted by Crippen LogP contribution is 2.32. The lowest BCUT2D eigenvalue weighted by molar-refractivity contribution is 0.220. The zero-order chi connectivity index (χ0) is 23.4. The number of hydrogen-bond acceptors (Lipinski definition) is 0. The minimum Gasteiger partial charge on any atom is -0.0683 e. The fraction of sp³-hybridized carbons (Fsp3) is 1.00. The van der Waals surface area contributed by atoms with Gasteiger partial charge in [0.2, 0.25) is 0 Å². The summed E-state index contributed by atoms with van der Waals surface area (Å²) >= 11 is 0. The van der Waals surface area contributed by atoms with Gasteiger partial charge in [-0.25, -0.2) is 0 Å². The van der Waals surface area contributed by atoms with Crippen LogP contribution in [0.4, 0.5) is 0 Å². The summed E-state index contributed by atoms with van der Waals surface area (Å²) in [5.74, 6) is 3.93. The molecule has 4 unspecified atom stereocenters. The van der Waals surface area contributed by atoms with E-state index in [1.807, 2.05) is 27.7 Å². The maximum Gasteiger partial charge on any atom is -0.0414 e. The molecule has 0 aromatic carbocycles. The zero-order valence-corrected chi connectivity index (χ0v) is 23.4. The van der Waals surface area contributed by atoms with Gasteiger partial charge in [-0.05, 0) is 30.1 Å². The van der Waals surface area contributed by atoms with Crippen LogP contribution in [0.25, 0.3) is 0 Å². The third kappa shape index (κ3) is 40.6. The summed E-state index contributed by atoms with van der Waals surface area (Å²) in [5, 5.41) is 0. The van der Waals surface area contributed by atoms with Crippen LogP contribution in [0.15, 0.2) is 0 Å². The molecule has 178 valence electrons. The summed E-state index contributed by atoms with van der Waals surface area (Å²) in [7, 11) is 0. The maximum atomic E-state index is 2.39. The molecule has 0 N–H and O–H groups in total. The topological polar surface area (TPSA) is 0 Å². The zero-order valence-electron chi connectivity index (χ0n) is 23.4. The van der Waals surface area contributed by atoms with Crippen molar-refractivity contribution >= 4 is 0 Å². The SMILES string of the molecule is CC.CC.CC1CCC(C)C(C)C1.CCC.CCC.CCCCC(C)CCC. The van der Waals surface area contributed by atoms with Gasteiger partial charge in [0.25, 0.3) is 0 Å². The van der Waals surface area contributed by atoms with Gasteiger partial charge in [-0.3, -0.25) is 0 Å². The van der Waals surface area contributed by atoms with Crippen molar-refractivity contribution in [1.29, 1.82) is 0 Å². The van der Waals surface area contributed by atoms with E-state index >= 15 is 0 Å². The first-order chi connectivity index (χ1) is 13.3. The third-order valence-corrected chi connectivity index (χ3v) is 4.69. The van der Waals surface area contributed by atoms with Gasteiger partial charge in [-0.2, -0.15) is 0 Å². The molecule has 0 amide bonds. The van der Waals surface area contributed by atoms with Gasteiger partial charge in [0.05, 0.1) is 0 Å². The molecule has 1 aliphatic carbocycles. The van der Waals surface area contributed by atoms with E-state index in [1.54, 1.807) is 0 Å². The number of hydrogen-bond donors (Lipinski definition) is 0. The predicted octanol–water partition coefficient (Wildman–Crippen LogP) is 11.6. The van der Waals surface area contributed by atoms with Crippen molar-refractivity contribution in [1.82, 2.24) is 0 Å². The van der Waals surface area contributed by atoms with Crippen molar-refractivity contribution in [2.75, 3.05) is 0 Å². The molecule has 0 aliphatic heterocycles. The van der Waals surface area contributed by atoms with E-state index < -0.39 is 0 Å². The Morgan fingerprint density at radius 1 is 0.643 bits per heavy atom. The highest BCUT2D eigenvalue weighted by Gasteiger charge is 2.20. The Morgan fingerprint density at radius 2 is 1.07 bits per heavy atom. The van der Waals surface area contributed by atoms with Crippen LogP contribution < -0.4 is 0 Å². The lowest BCUT2D eigenvalue weighted by Gasteiger charge is -2.29. The standard InChI is InChI=1S/C9H18.C9H20.2C3H8.2C2H6/c1-7-4-5-8(2)9(3)6-7;1-4-6-8-9(3)7-5-2;2*1-3-2;2*1-2/h7-9H,4-6H2,1-3H3;9H,4-8H2,1-3H3;2*3H2,1-2H3;2*1-2H3. The lowest BCUT2D eigenvalue weighted by atomic mass is 9.77. The fourth-order valence-corrected chi connectivity index (χ4v) is 3.01. The molecule has 0 heterocycles. The summed E-state index contributed by atoms with van der Waals surface area (Å²) < 4.78 is 0. The highest BCUT2D eigenvalue weighted by molar-refractivity contribution is 4.72. The smallest absolute Gasteiger partial charge is 0.0414 e. The van der Waals surface area contributed by atoms with Crippen LogP contribution in [-0.2, 0) is 0 Å². The summed E-state index contributed by atoms with van der Waals surface area (Å²) in [4.78, 5) is 0. The van der Waals surface area contributed by atoms with Crippen LogP contribution in [-0.4, -0.2) is 0 Å². The van der Waals surface area contributed by atoms with E-state index in [0.717, 1.165) is 23.7 Å². The van der Waals surface area contributed by atoms with Crippen molar-refractivity contribution in [3.8, 4) is 0 Å². The van der Waals surface area contributed by atoms with Crippen LogP contribution >= 0.6 is 0 Å². The molecule has 0 saturated heterocycles. The summed E-state index contributed by atoms with van der Waals surface area (Å²) in [5.41, 5.74) is 0. The second-order valence-electron chi connectivity index (χ2n) is 8.32. The first-order valence-corrected chi connectivity index (χ1v) is 13.3. The largest absolute Gasteiger partial charge is 0.0683 e. The summed E-state index contributed by atoms with van der Waals surface area (Å²) in [6.07, 6.45) is 13.9. The summed E-state index contributed by atoms with van der Waals surface area (Å²) in [6.45, 7) is 30.5. The van der Waals surface area contributed by atoms with Crippen molar-refractivity contribution in [2.24, 2.45) is 23.7 Å². The Bertz CT molecular complexity index is 192. The van der Waals surface area contributed by atoms with Crippen LogP contribution in [0.2, 0.25) is 0 Å². The second-order valence-corrected chi connectivity index (χ2v) is 8.32. The minimum absolute atomic E-state index is 0.968. The minimum atomic E-state index is 0.968. The molecule has 4 atom stereocenters. The van der Waals surface area contributed by atoms with Crippen LogP contribution in [0.3, 0.4) is 0 Å². The molecular formula is C28H66. The normalized spacial score (nSPS) is 20.6. The van der Waals surface area contributed by atoms with E-state index in [0.29, 0.717) is 0 Å². The Hall–Kier alpha value is 0. The summed E-state index contributed by atoms with van der Waals surface area (Å²) in [6, 6.07) is 0. The predicted molar refractivity (Wildman–Crippen MR) is 140 cm³/mol. The van der Waals surface area contributed by atoms with E-state index in [9.17, 15) is 0 Å². The molecule has 1 fully saturated rings. The van der Waals surface area contributed by atoms with Gasteiger partial charge < -0.3 is 0 Å².